The van der Waals surface area contributed by atoms with Crippen molar-refractivity contribution in [2.24, 2.45) is 11.8 Å². The average Bonchev–Trinajstić information content (AvgIpc) is 2.39. The molecule has 118 valence electrons. The van der Waals surface area contributed by atoms with Gasteiger partial charge in [-0.25, -0.2) is 0 Å². The summed E-state index contributed by atoms with van der Waals surface area (Å²) >= 11 is 5.89. The van der Waals surface area contributed by atoms with Crippen molar-refractivity contribution in [1.82, 2.24) is 15.0 Å². The number of ether oxygens (including phenoxy) is 1. The van der Waals surface area contributed by atoms with Crippen molar-refractivity contribution in [2.75, 3.05) is 11.9 Å². The third-order valence-electron chi connectivity index (χ3n) is 3.90. The van der Waals surface area contributed by atoms with Gasteiger partial charge in [-0.1, -0.05) is 32.6 Å². The third-order valence-corrected chi connectivity index (χ3v) is 4.07. The largest absolute Gasteiger partial charge is 0.461 e. The van der Waals surface area contributed by atoms with Crippen LogP contribution in [0.15, 0.2) is 0 Å². The molecule has 2 rings (SSSR count). The first-order chi connectivity index (χ1) is 10.0. The highest BCUT2D eigenvalue weighted by Crippen LogP contribution is 2.30. The molecule has 0 aromatic carbocycles. The van der Waals surface area contributed by atoms with Gasteiger partial charge in [0.2, 0.25) is 11.2 Å². The van der Waals surface area contributed by atoms with Crippen molar-refractivity contribution in [1.29, 1.82) is 0 Å². The first-order valence-corrected chi connectivity index (χ1v) is 8.23. The Balaban J connectivity index is 1.81. The Morgan fingerprint density at radius 2 is 1.90 bits per heavy atom. The van der Waals surface area contributed by atoms with Crippen LogP contribution in [-0.4, -0.2) is 27.6 Å². The molecule has 0 radical (unpaired) electrons. The molecule has 1 heterocycles. The maximum absolute atomic E-state index is 5.89. The lowest BCUT2D eigenvalue weighted by atomic mass is 9.81. The predicted octanol–water partition coefficient (Wildman–Crippen LogP) is 3.94. The first-order valence-electron chi connectivity index (χ1n) is 7.85. The monoisotopic (exact) mass is 312 g/mol. The number of aromatic nitrogens is 3. The van der Waals surface area contributed by atoms with Gasteiger partial charge in [-0.15, -0.1) is 0 Å². The third kappa shape index (κ3) is 5.65. The minimum Gasteiger partial charge on any atom is -0.461 e. The van der Waals surface area contributed by atoms with E-state index in [1.807, 2.05) is 13.8 Å². The highest BCUT2D eigenvalue weighted by molar-refractivity contribution is 6.28. The van der Waals surface area contributed by atoms with Gasteiger partial charge in [0.05, 0.1) is 6.10 Å². The molecule has 0 amide bonds. The summed E-state index contributed by atoms with van der Waals surface area (Å²) in [4.78, 5) is 12.3. The fourth-order valence-electron chi connectivity index (χ4n) is 2.68. The van der Waals surface area contributed by atoms with Crippen LogP contribution in [0.25, 0.3) is 0 Å². The SMILES string of the molecule is CC1CCC(CCNc2nc(Cl)nc(OC(C)C)n2)CC1. The molecule has 1 N–H and O–H groups in total. The number of rotatable bonds is 6. The van der Waals surface area contributed by atoms with E-state index in [2.05, 4.69) is 27.2 Å². The smallest absolute Gasteiger partial charge is 0.322 e. The van der Waals surface area contributed by atoms with Crippen LogP contribution < -0.4 is 10.1 Å². The van der Waals surface area contributed by atoms with E-state index in [4.69, 9.17) is 16.3 Å². The van der Waals surface area contributed by atoms with Gasteiger partial charge in [-0.05, 0) is 43.7 Å². The molecule has 0 aliphatic heterocycles. The van der Waals surface area contributed by atoms with Crippen LogP contribution in [0.4, 0.5) is 5.95 Å². The van der Waals surface area contributed by atoms with Crippen LogP contribution >= 0.6 is 11.6 Å². The van der Waals surface area contributed by atoms with Gasteiger partial charge in [0.1, 0.15) is 0 Å². The standard InChI is InChI=1S/C15H25ClN4O/c1-10(2)21-15-19-13(16)18-14(20-15)17-9-8-12-6-4-11(3)5-7-12/h10-12H,4-9H2,1-3H3,(H,17,18,19,20). The Kier molecular flexibility index (Phi) is 6.03. The van der Waals surface area contributed by atoms with Crippen molar-refractivity contribution in [3.05, 3.63) is 5.28 Å². The lowest BCUT2D eigenvalue weighted by Gasteiger charge is -2.26. The highest BCUT2D eigenvalue weighted by atomic mass is 35.5. The maximum Gasteiger partial charge on any atom is 0.322 e. The van der Waals surface area contributed by atoms with Crippen molar-refractivity contribution in [3.8, 4) is 6.01 Å². The predicted molar refractivity (Wildman–Crippen MR) is 84.8 cm³/mol. The maximum atomic E-state index is 5.89. The summed E-state index contributed by atoms with van der Waals surface area (Å²) in [5, 5.41) is 3.39. The average molecular weight is 313 g/mol. The van der Waals surface area contributed by atoms with Crippen LogP contribution in [0, 0.1) is 11.8 Å². The second kappa shape index (κ2) is 7.78. The molecule has 1 aromatic rings. The van der Waals surface area contributed by atoms with Gasteiger partial charge < -0.3 is 10.1 Å². The molecule has 1 fully saturated rings. The minimum absolute atomic E-state index is 0.0144. The summed E-state index contributed by atoms with van der Waals surface area (Å²) in [6, 6.07) is 0.277. The number of nitrogens with one attached hydrogen (secondary N) is 1. The molecule has 1 aliphatic rings. The number of hydrogen-bond acceptors (Lipinski definition) is 5. The van der Waals surface area contributed by atoms with E-state index >= 15 is 0 Å². The topological polar surface area (TPSA) is 59.9 Å². The molecule has 6 heteroatoms. The lowest BCUT2D eigenvalue weighted by molar-refractivity contribution is 0.222. The molecule has 0 bridgehead atoms. The Morgan fingerprint density at radius 1 is 1.19 bits per heavy atom. The number of nitrogens with zero attached hydrogens (tertiary/aromatic N) is 3. The van der Waals surface area contributed by atoms with Crippen LogP contribution in [0.1, 0.15) is 52.9 Å². The summed E-state index contributed by atoms with van der Waals surface area (Å²) in [5.74, 6) is 2.21. The zero-order valence-corrected chi connectivity index (χ0v) is 13.9. The van der Waals surface area contributed by atoms with E-state index in [9.17, 15) is 0 Å². The second-order valence-corrected chi connectivity index (χ2v) is 6.56. The van der Waals surface area contributed by atoms with E-state index in [-0.39, 0.29) is 17.4 Å². The molecule has 0 spiro atoms. The molecule has 0 unspecified atom stereocenters. The molecule has 0 saturated heterocycles. The molecule has 1 aromatic heterocycles. The molecule has 0 atom stereocenters. The van der Waals surface area contributed by atoms with Crippen molar-refractivity contribution >= 4 is 17.5 Å². The number of anilines is 1. The lowest BCUT2D eigenvalue weighted by Crippen LogP contribution is -2.17. The molecule has 1 saturated carbocycles. The summed E-state index contributed by atoms with van der Waals surface area (Å²) in [7, 11) is 0. The summed E-state index contributed by atoms with van der Waals surface area (Å²) in [5.41, 5.74) is 0. The zero-order valence-electron chi connectivity index (χ0n) is 13.1. The molecular formula is C15H25ClN4O. The second-order valence-electron chi connectivity index (χ2n) is 6.22. The molecule has 1 aliphatic carbocycles. The number of halogens is 1. The van der Waals surface area contributed by atoms with Gasteiger partial charge in [-0.2, -0.15) is 15.0 Å². The van der Waals surface area contributed by atoms with Crippen molar-refractivity contribution in [2.45, 2.75) is 59.0 Å². The minimum atomic E-state index is 0.0144. The summed E-state index contributed by atoms with van der Waals surface area (Å²) in [6.45, 7) is 7.06. The van der Waals surface area contributed by atoms with Crippen molar-refractivity contribution < 1.29 is 4.74 Å². The quantitative estimate of drug-likeness (QED) is 0.862. The van der Waals surface area contributed by atoms with Crippen molar-refractivity contribution in [3.63, 3.8) is 0 Å². The fourth-order valence-corrected chi connectivity index (χ4v) is 2.83. The van der Waals surface area contributed by atoms with Crippen LogP contribution in [0.3, 0.4) is 0 Å². The van der Waals surface area contributed by atoms with Gasteiger partial charge in [0, 0.05) is 6.54 Å². The fraction of sp³-hybridized carbons (Fsp3) is 0.800. The van der Waals surface area contributed by atoms with E-state index < -0.39 is 0 Å². The Hall–Kier alpha value is -1.10. The van der Waals surface area contributed by atoms with Gasteiger partial charge in [0.15, 0.2) is 0 Å². The van der Waals surface area contributed by atoms with E-state index in [1.165, 1.54) is 25.7 Å². The van der Waals surface area contributed by atoms with E-state index in [0.717, 1.165) is 24.8 Å². The highest BCUT2D eigenvalue weighted by Gasteiger charge is 2.17. The Bertz CT molecular complexity index is 447. The summed E-state index contributed by atoms with van der Waals surface area (Å²) in [6.07, 6.45) is 6.55. The van der Waals surface area contributed by atoms with Gasteiger partial charge in [0.25, 0.3) is 0 Å². The first kappa shape index (κ1) is 16.3. The zero-order chi connectivity index (χ0) is 15.2. The van der Waals surface area contributed by atoms with Gasteiger partial charge in [-0.3, -0.25) is 0 Å². The van der Waals surface area contributed by atoms with Gasteiger partial charge >= 0.3 is 6.01 Å². The molecular weight excluding hydrogens is 288 g/mol. The Morgan fingerprint density at radius 3 is 2.57 bits per heavy atom. The van der Waals surface area contributed by atoms with E-state index in [0.29, 0.717) is 5.95 Å². The van der Waals surface area contributed by atoms with Crippen LogP contribution in [-0.2, 0) is 0 Å². The van der Waals surface area contributed by atoms with E-state index in [1.54, 1.807) is 0 Å². The Labute approximate surface area is 131 Å². The molecule has 21 heavy (non-hydrogen) atoms. The van der Waals surface area contributed by atoms with Crippen LogP contribution in [0.2, 0.25) is 5.28 Å². The molecule has 5 nitrogen and oxygen atoms in total. The summed E-state index contributed by atoms with van der Waals surface area (Å²) < 4.78 is 5.46. The normalized spacial score (nSPS) is 22.3. The number of hydrogen-bond donors (Lipinski definition) is 1. The van der Waals surface area contributed by atoms with Crippen LogP contribution in [0.5, 0.6) is 6.01 Å².